The zero-order valence-electron chi connectivity index (χ0n) is 13.3. The first-order valence-corrected chi connectivity index (χ1v) is 8.93. The Kier molecular flexibility index (Phi) is 5.63. The van der Waals surface area contributed by atoms with Crippen molar-refractivity contribution in [3.05, 3.63) is 64.4 Å². The number of benzene rings is 2. The normalized spacial score (nSPS) is 16.1. The van der Waals surface area contributed by atoms with Crippen LogP contribution >= 0.6 is 15.9 Å². The van der Waals surface area contributed by atoms with Crippen LogP contribution in [0.3, 0.4) is 0 Å². The smallest absolute Gasteiger partial charge is 0.227 e. The molecule has 1 N–H and O–H groups in total. The summed E-state index contributed by atoms with van der Waals surface area (Å²) < 4.78 is 14.7. The maximum atomic E-state index is 13.7. The fourth-order valence-corrected chi connectivity index (χ4v) is 3.26. The number of hydrogen-bond donors (Lipinski definition) is 1. The van der Waals surface area contributed by atoms with E-state index in [9.17, 15) is 9.18 Å². The number of carbonyl (C=O) groups excluding carboxylic acids is 1. The van der Waals surface area contributed by atoms with Crippen LogP contribution in [0.4, 0.5) is 10.1 Å². The summed E-state index contributed by atoms with van der Waals surface area (Å²) in [7, 11) is 0. The van der Waals surface area contributed by atoms with Gasteiger partial charge in [-0.15, -0.1) is 0 Å². The molecule has 1 amide bonds. The number of halogens is 2. The van der Waals surface area contributed by atoms with Crippen LogP contribution in [0.25, 0.3) is 0 Å². The van der Waals surface area contributed by atoms with E-state index in [2.05, 4.69) is 26.1 Å². The van der Waals surface area contributed by atoms with Crippen LogP contribution < -0.4 is 5.32 Å². The van der Waals surface area contributed by atoms with Crippen LogP contribution in [-0.4, -0.2) is 23.9 Å². The molecule has 1 saturated heterocycles. The zero-order valence-corrected chi connectivity index (χ0v) is 14.9. The van der Waals surface area contributed by atoms with Gasteiger partial charge >= 0.3 is 0 Å². The molecule has 1 fully saturated rings. The molecular weight excluding hydrogens is 371 g/mol. The number of carbonyl (C=O) groups is 1. The molecule has 2 aromatic rings. The molecule has 0 aliphatic carbocycles. The third-order valence-corrected chi connectivity index (χ3v) is 4.95. The van der Waals surface area contributed by atoms with Gasteiger partial charge < -0.3 is 5.32 Å². The molecule has 0 atom stereocenters. The number of nitrogens with zero attached hydrogens (tertiary/aromatic N) is 1. The van der Waals surface area contributed by atoms with Gasteiger partial charge in [-0.3, -0.25) is 9.69 Å². The Hall–Kier alpha value is -1.72. The van der Waals surface area contributed by atoms with E-state index in [1.165, 1.54) is 6.07 Å². The first-order chi connectivity index (χ1) is 11.6. The first-order valence-electron chi connectivity index (χ1n) is 8.14. The lowest BCUT2D eigenvalue weighted by Crippen LogP contribution is -2.37. The minimum atomic E-state index is -0.160. The molecule has 5 heteroatoms. The van der Waals surface area contributed by atoms with Crippen molar-refractivity contribution in [3.63, 3.8) is 0 Å². The van der Waals surface area contributed by atoms with Crippen molar-refractivity contribution >= 4 is 27.5 Å². The molecule has 24 heavy (non-hydrogen) atoms. The van der Waals surface area contributed by atoms with Gasteiger partial charge in [0, 0.05) is 28.2 Å². The number of anilines is 1. The van der Waals surface area contributed by atoms with Crippen molar-refractivity contribution in [2.75, 3.05) is 18.4 Å². The van der Waals surface area contributed by atoms with Gasteiger partial charge in [-0.05, 0) is 56.3 Å². The van der Waals surface area contributed by atoms with Crippen LogP contribution in [0.5, 0.6) is 0 Å². The van der Waals surface area contributed by atoms with Gasteiger partial charge in [0.05, 0.1) is 0 Å². The highest BCUT2D eigenvalue weighted by molar-refractivity contribution is 9.10. The second kappa shape index (κ2) is 7.90. The Morgan fingerprint density at radius 2 is 1.79 bits per heavy atom. The molecule has 0 bridgehead atoms. The molecule has 1 aliphatic heterocycles. The summed E-state index contributed by atoms with van der Waals surface area (Å²) in [5, 5.41) is 2.97. The molecule has 3 nitrogen and oxygen atoms in total. The summed E-state index contributed by atoms with van der Waals surface area (Å²) in [5.74, 6) is -0.0685. The number of hydrogen-bond acceptors (Lipinski definition) is 2. The van der Waals surface area contributed by atoms with Crippen molar-refractivity contribution < 1.29 is 9.18 Å². The monoisotopic (exact) mass is 390 g/mol. The molecular formula is C19H20BrFN2O. The van der Waals surface area contributed by atoms with Gasteiger partial charge in [0.2, 0.25) is 5.91 Å². The molecule has 1 aliphatic rings. The SMILES string of the molecule is O=C(Nc1ccc(Br)cc1)C1CCN(Cc2ccccc2F)CC1. The number of nitrogens with one attached hydrogen (secondary N) is 1. The fourth-order valence-electron chi connectivity index (χ4n) is 3.00. The minimum Gasteiger partial charge on any atom is -0.326 e. The first kappa shape index (κ1) is 17.1. The Bertz CT molecular complexity index is 697. The lowest BCUT2D eigenvalue weighted by atomic mass is 9.95. The van der Waals surface area contributed by atoms with Crippen molar-refractivity contribution in [3.8, 4) is 0 Å². The van der Waals surface area contributed by atoms with E-state index >= 15 is 0 Å². The summed E-state index contributed by atoms with van der Waals surface area (Å²) >= 11 is 3.38. The maximum absolute atomic E-state index is 13.7. The molecule has 126 valence electrons. The molecule has 2 aromatic carbocycles. The predicted molar refractivity (Wildman–Crippen MR) is 97.2 cm³/mol. The van der Waals surface area contributed by atoms with Crippen LogP contribution in [0, 0.1) is 11.7 Å². The van der Waals surface area contributed by atoms with Gasteiger partial charge in [-0.2, -0.15) is 0 Å². The molecule has 3 rings (SSSR count). The van der Waals surface area contributed by atoms with Crippen LogP contribution in [-0.2, 0) is 11.3 Å². The Morgan fingerprint density at radius 1 is 1.12 bits per heavy atom. The fraction of sp³-hybridized carbons (Fsp3) is 0.316. The maximum Gasteiger partial charge on any atom is 0.227 e. The van der Waals surface area contributed by atoms with Crippen LogP contribution in [0.15, 0.2) is 53.0 Å². The number of amides is 1. The zero-order chi connectivity index (χ0) is 16.9. The van der Waals surface area contributed by atoms with Crippen molar-refractivity contribution in [1.29, 1.82) is 0 Å². The van der Waals surface area contributed by atoms with Crippen molar-refractivity contribution in [2.45, 2.75) is 19.4 Å². The number of likely N-dealkylation sites (tertiary alicyclic amines) is 1. The predicted octanol–water partition coefficient (Wildman–Crippen LogP) is 4.44. The van der Waals surface area contributed by atoms with Gasteiger partial charge in [-0.1, -0.05) is 34.1 Å². The van der Waals surface area contributed by atoms with E-state index in [1.807, 2.05) is 36.4 Å². The quantitative estimate of drug-likeness (QED) is 0.836. The van der Waals surface area contributed by atoms with E-state index in [-0.39, 0.29) is 17.6 Å². The van der Waals surface area contributed by atoms with Crippen LogP contribution in [0.1, 0.15) is 18.4 Å². The third kappa shape index (κ3) is 4.42. The Morgan fingerprint density at radius 3 is 2.46 bits per heavy atom. The van der Waals surface area contributed by atoms with E-state index in [0.717, 1.165) is 41.7 Å². The highest BCUT2D eigenvalue weighted by Gasteiger charge is 2.25. The summed E-state index contributed by atoms with van der Waals surface area (Å²) in [6.07, 6.45) is 1.60. The number of piperidine rings is 1. The molecule has 0 unspecified atom stereocenters. The van der Waals surface area contributed by atoms with Gasteiger partial charge in [0.15, 0.2) is 0 Å². The van der Waals surface area contributed by atoms with E-state index in [1.54, 1.807) is 6.07 Å². The Labute approximate surface area is 150 Å². The lowest BCUT2D eigenvalue weighted by molar-refractivity contribution is -0.121. The summed E-state index contributed by atoms with van der Waals surface area (Å²) in [6.45, 7) is 2.23. The molecule has 0 saturated carbocycles. The largest absolute Gasteiger partial charge is 0.326 e. The van der Waals surface area contributed by atoms with Gasteiger partial charge in [0.1, 0.15) is 5.82 Å². The van der Waals surface area contributed by atoms with Gasteiger partial charge in [0.25, 0.3) is 0 Å². The summed E-state index contributed by atoms with van der Waals surface area (Å²) in [6, 6.07) is 14.5. The second-order valence-electron chi connectivity index (χ2n) is 6.14. The molecule has 0 spiro atoms. The lowest BCUT2D eigenvalue weighted by Gasteiger charge is -2.31. The van der Waals surface area contributed by atoms with E-state index in [4.69, 9.17) is 0 Å². The highest BCUT2D eigenvalue weighted by Crippen LogP contribution is 2.22. The minimum absolute atomic E-state index is 0.0190. The van der Waals surface area contributed by atoms with Gasteiger partial charge in [-0.25, -0.2) is 4.39 Å². The highest BCUT2D eigenvalue weighted by atomic mass is 79.9. The summed E-state index contributed by atoms with van der Waals surface area (Å²) in [4.78, 5) is 14.6. The Balaban J connectivity index is 1.50. The summed E-state index contributed by atoms with van der Waals surface area (Å²) in [5.41, 5.74) is 1.53. The molecule has 0 radical (unpaired) electrons. The molecule has 1 heterocycles. The average Bonchev–Trinajstić information content (AvgIpc) is 2.59. The van der Waals surface area contributed by atoms with Crippen LogP contribution in [0.2, 0.25) is 0 Å². The van der Waals surface area contributed by atoms with Crippen molar-refractivity contribution in [2.24, 2.45) is 5.92 Å². The topological polar surface area (TPSA) is 32.3 Å². The van der Waals surface area contributed by atoms with E-state index < -0.39 is 0 Å². The van der Waals surface area contributed by atoms with Crippen molar-refractivity contribution in [1.82, 2.24) is 4.90 Å². The standard InChI is InChI=1S/C19H20BrFN2O/c20-16-5-7-17(8-6-16)22-19(24)14-9-11-23(12-10-14)13-15-3-1-2-4-18(15)21/h1-8,14H,9-13H2,(H,22,24). The van der Waals surface area contributed by atoms with E-state index in [0.29, 0.717) is 6.54 Å². The number of rotatable bonds is 4. The second-order valence-corrected chi connectivity index (χ2v) is 7.05. The third-order valence-electron chi connectivity index (χ3n) is 4.42. The molecule has 0 aromatic heterocycles. The average molecular weight is 391 g/mol.